The molecule has 0 bridgehead atoms. The number of hydrogen-bond donors (Lipinski definition) is 1. The zero-order valence-electron chi connectivity index (χ0n) is 13.9. The van der Waals surface area contributed by atoms with Crippen molar-refractivity contribution in [2.45, 2.75) is 23.4 Å². The molecule has 1 aliphatic rings. The molecule has 0 saturated heterocycles. The van der Waals surface area contributed by atoms with Crippen LogP contribution in [0.3, 0.4) is 0 Å². The van der Waals surface area contributed by atoms with Crippen LogP contribution in [0.15, 0.2) is 58.5 Å². The molecule has 25 heavy (non-hydrogen) atoms. The molecule has 0 saturated carbocycles. The number of nitrogens with one attached hydrogen (secondary N) is 1. The zero-order chi connectivity index (χ0) is 17.2. The summed E-state index contributed by atoms with van der Waals surface area (Å²) in [4.78, 5) is 12.1. The maximum atomic E-state index is 12.1. The molecule has 0 radical (unpaired) electrons. The van der Waals surface area contributed by atoms with E-state index in [1.807, 2.05) is 0 Å². The summed E-state index contributed by atoms with van der Waals surface area (Å²) in [6.45, 7) is 1.22. The first-order valence-corrected chi connectivity index (χ1v) is 9.16. The highest BCUT2D eigenvalue weighted by Gasteiger charge is 2.30. The van der Waals surface area contributed by atoms with Gasteiger partial charge in [-0.2, -0.15) is 0 Å². The van der Waals surface area contributed by atoms with Crippen molar-refractivity contribution in [2.75, 3.05) is 13.7 Å². The Labute approximate surface area is 150 Å². The highest BCUT2D eigenvalue weighted by Crippen LogP contribution is 2.51. The van der Waals surface area contributed by atoms with Crippen molar-refractivity contribution in [2.24, 2.45) is 0 Å². The van der Waals surface area contributed by atoms with Crippen LogP contribution >= 0.6 is 11.8 Å². The molecule has 0 aliphatic heterocycles. The molecule has 0 fully saturated rings. The van der Waals surface area contributed by atoms with E-state index in [-0.39, 0.29) is 10.9 Å². The van der Waals surface area contributed by atoms with E-state index >= 15 is 0 Å². The summed E-state index contributed by atoms with van der Waals surface area (Å²) >= 11 is 1.62. The molecular weight excluding hydrogens is 334 g/mol. The summed E-state index contributed by atoms with van der Waals surface area (Å²) in [6.07, 6.45) is 0.779. The molecule has 1 heterocycles. The van der Waals surface area contributed by atoms with E-state index in [0.29, 0.717) is 13.2 Å². The molecule has 0 unspecified atom stereocenters. The van der Waals surface area contributed by atoms with Crippen LogP contribution in [0.1, 0.15) is 22.8 Å². The van der Waals surface area contributed by atoms with Crippen molar-refractivity contribution < 1.29 is 4.74 Å². The van der Waals surface area contributed by atoms with Crippen LogP contribution in [0.4, 0.5) is 0 Å². The number of methoxy groups -OCH3 is 1. The van der Waals surface area contributed by atoms with Gasteiger partial charge in [-0.15, -0.1) is 5.10 Å². The second kappa shape index (κ2) is 6.90. The maximum Gasteiger partial charge on any atom is 0.343 e. The topological polar surface area (TPSA) is 59.9 Å². The number of aromatic amines is 1. The minimum atomic E-state index is -0.168. The molecule has 4 rings (SSSR count). The number of rotatable bonds is 6. The molecule has 6 heteroatoms. The second-order valence-corrected chi connectivity index (χ2v) is 7.05. The first kappa shape index (κ1) is 16.2. The van der Waals surface area contributed by atoms with Crippen LogP contribution < -0.4 is 5.69 Å². The van der Waals surface area contributed by atoms with E-state index in [4.69, 9.17) is 4.74 Å². The highest BCUT2D eigenvalue weighted by atomic mass is 32.2. The van der Waals surface area contributed by atoms with Gasteiger partial charge in [0.2, 0.25) is 0 Å². The number of ether oxygens (including phenoxy) is 1. The van der Waals surface area contributed by atoms with Gasteiger partial charge in [-0.3, -0.25) is 4.57 Å². The number of fused-ring (bicyclic) bond motifs is 3. The van der Waals surface area contributed by atoms with Crippen molar-refractivity contribution in [3.05, 3.63) is 70.1 Å². The molecule has 1 aromatic heterocycles. The summed E-state index contributed by atoms with van der Waals surface area (Å²) in [7, 11) is 1.67. The minimum absolute atomic E-state index is 0.142. The van der Waals surface area contributed by atoms with Crippen molar-refractivity contribution in [1.29, 1.82) is 0 Å². The smallest absolute Gasteiger partial charge is 0.343 e. The second-order valence-electron chi connectivity index (χ2n) is 5.98. The van der Waals surface area contributed by atoms with E-state index < -0.39 is 0 Å². The molecule has 3 aromatic rings. The van der Waals surface area contributed by atoms with Crippen LogP contribution in [0.2, 0.25) is 0 Å². The van der Waals surface area contributed by atoms with Crippen molar-refractivity contribution in [3.8, 4) is 11.1 Å². The summed E-state index contributed by atoms with van der Waals surface area (Å²) < 4.78 is 6.80. The number of benzene rings is 2. The molecule has 1 N–H and O–H groups in total. The third-order valence-electron chi connectivity index (χ3n) is 4.45. The molecule has 2 aromatic carbocycles. The van der Waals surface area contributed by atoms with Crippen LogP contribution in [0, 0.1) is 0 Å². The molecular formula is C19H19N3O2S. The standard InChI is InChI=1S/C19H19N3O2S/c1-24-12-6-11-22-18(23)20-21-19(22)25-17-15-9-4-2-7-13(15)14-8-3-5-10-16(14)17/h2-5,7-10,17H,6,11-12H2,1H3,(H,20,23). The summed E-state index contributed by atoms with van der Waals surface area (Å²) in [6, 6.07) is 16.9. The SMILES string of the molecule is COCCCn1c(SC2c3ccccc3-c3ccccc32)n[nH]c1=O. The predicted molar refractivity (Wildman–Crippen MR) is 98.9 cm³/mol. The fraction of sp³-hybridized carbons (Fsp3) is 0.263. The first-order chi connectivity index (χ1) is 12.3. The number of thioether (sulfide) groups is 1. The normalized spacial score (nSPS) is 13.0. The fourth-order valence-electron chi connectivity index (χ4n) is 3.30. The number of hydrogen-bond acceptors (Lipinski definition) is 4. The van der Waals surface area contributed by atoms with E-state index in [9.17, 15) is 4.79 Å². The lowest BCUT2D eigenvalue weighted by atomic mass is 10.1. The molecule has 128 valence electrons. The van der Waals surface area contributed by atoms with E-state index in [1.165, 1.54) is 22.3 Å². The minimum Gasteiger partial charge on any atom is -0.385 e. The molecule has 0 amide bonds. The van der Waals surface area contributed by atoms with Gasteiger partial charge in [0.15, 0.2) is 5.16 Å². The van der Waals surface area contributed by atoms with Gasteiger partial charge < -0.3 is 4.74 Å². The monoisotopic (exact) mass is 353 g/mol. The van der Waals surface area contributed by atoms with Gasteiger partial charge >= 0.3 is 5.69 Å². The van der Waals surface area contributed by atoms with E-state index in [2.05, 4.69) is 58.7 Å². The summed E-state index contributed by atoms with van der Waals surface area (Å²) in [5, 5.41) is 7.70. The maximum absolute atomic E-state index is 12.1. The Kier molecular flexibility index (Phi) is 4.46. The molecule has 0 atom stereocenters. The lowest BCUT2D eigenvalue weighted by molar-refractivity contribution is 0.189. The Balaban J connectivity index is 1.69. The van der Waals surface area contributed by atoms with Crippen LogP contribution in [0.25, 0.3) is 11.1 Å². The third kappa shape index (κ3) is 2.92. The van der Waals surface area contributed by atoms with Gasteiger partial charge in [0.25, 0.3) is 0 Å². The largest absolute Gasteiger partial charge is 0.385 e. The number of aromatic nitrogens is 3. The van der Waals surface area contributed by atoms with Crippen LogP contribution in [-0.2, 0) is 11.3 Å². The summed E-state index contributed by atoms with van der Waals surface area (Å²) in [5.41, 5.74) is 4.90. The van der Waals surface area contributed by atoms with Gasteiger partial charge in [-0.25, -0.2) is 9.89 Å². The number of nitrogens with zero attached hydrogens (tertiary/aromatic N) is 2. The number of H-pyrrole nitrogens is 1. The molecule has 0 spiro atoms. The highest BCUT2D eigenvalue weighted by molar-refractivity contribution is 7.99. The van der Waals surface area contributed by atoms with Gasteiger partial charge in [0, 0.05) is 20.3 Å². The van der Waals surface area contributed by atoms with Crippen molar-refractivity contribution >= 4 is 11.8 Å². The Morgan fingerprint density at radius 3 is 2.40 bits per heavy atom. The molecule has 1 aliphatic carbocycles. The average Bonchev–Trinajstić information content (AvgIpc) is 3.15. The Hall–Kier alpha value is -2.31. The predicted octanol–water partition coefficient (Wildman–Crippen LogP) is 3.47. The lowest BCUT2D eigenvalue weighted by Gasteiger charge is -2.13. The van der Waals surface area contributed by atoms with E-state index in [1.54, 1.807) is 23.4 Å². The fourth-order valence-corrected chi connectivity index (χ4v) is 4.57. The van der Waals surface area contributed by atoms with Crippen molar-refractivity contribution in [3.63, 3.8) is 0 Å². The van der Waals surface area contributed by atoms with Crippen LogP contribution in [0.5, 0.6) is 0 Å². The van der Waals surface area contributed by atoms with E-state index in [0.717, 1.165) is 11.6 Å². The van der Waals surface area contributed by atoms with Gasteiger partial charge in [0.1, 0.15) is 0 Å². The first-order valence-electron chi connectivity index (χ1n) is 8.28. The Morgan fingerprint density at radius 2 is 1.76 bits per heavy atom. The zero-order valence-corrected chi connectivity index (χ0v) is 14.8. The third-order valence-corrected chi connectivity index (χ3v) is 5.72. The average molecular weight is 353 g/mol. The Morgan fingerprint density at radius 1 is 1.12 bits per heavy atom. The molecule has 5 nitrogen and oxygen atoms in total. The van der Waals surface area contributed by atoms with Gasteiger partial charge in [-0.1, -0.05) is 60.3 Å². The summed E-state index contributed by atoms with van der Waals surface area (Å²) in [5.74, 6) is 0. The quantitative estimate of drug-likeness (QED) is 0.690. The van der Waals surface area contributed by atoms with Crippen LogP contribution in [-0.4, -0.2) is 28.5 Å². The lowest BCUT2D eigenvalue weighted by Crippen LogP contribution is -2.18. The van der Waals surface area contributed by atoms with Gasteiger partial charge in [-0.05, 0) is 28.7 Å². The van der Waals surface area contributed by atoms with Crippen molar-refractivity contribution in [1.82, 2.24) is 14.8 Å². The van der Waals surface area contributed by atoms with Gasteiger partial charge in [0.05, 0.1) is 5.25 Å². The Bertz CT molecular complexity index is 902.